The Morgan fingerprint density at radius 3 is 2.25 bits per heavy atom. The Balaban J connectivity index is 1.26. The highest BCUT2D eigenvalue weighted by Crippen LogP contribution is 2.44. The second-order valence-corrected chi connectivity index (χ2v) is 13.1. The van der Waals surface area contributed by atoms with Gasteiger partial charge < -0.3 is 94.1 Å². The van der Waals surface area contributed by atoms with Crippen LogP contribution in [0.25, 0.3) is 0 Å². The van der Waals surface area contributed by atoms with Gasteiger partial charge in [0.25, 0.3) is 0 Å². The fourth-order valence-electron chi connectivity index (χ4n) is 6.44. The topological polar surface area (TPSA) is 313 Å². The molecule has 0 amide bonds. The number of fused-ring (bicyclic) bond motifs is 1. The Morgan fingerprint density at radius 2 is 1.57 bits per heavy atom. The molecule has 11 N–H and O–H groups in total. The molecular formula is C33H42O20. The van der Waals surface area contributed by atoms with E-state index >= 15 is 0 Å². The van der Waals surface area contributed by atoms with Crippen LogP contribution in [0.5, 0.6) is 28.7 Å². The van der Waals surface area contributed by atoms with E-state index in [1.54, 1.807) is 0 Å². The first-order chi connectivity index (χ1) is 25.2. The molecule has 14 atom stereocenters. The SMILES string of the molecule is COc1cc(C2CC(=O)c3c(O)cc(O[C@@H]4O[C@H](CO[C@@H]5O[C@H](CO)[C@@H](O)[C@H](O)[C@H]5O)[C@@H](O)[C@H](O)[C@H]4O[C@@H]4OC[C@](O)(CO)[C@H]4O)cc3O2)ccc1O. The number of aromatic hydroxyl groups is 2. The molecule has 20 nitrogen and oxygen atoms in total. The molecule has 0 radical (unpaired) electrons. The predicted octanol–water partition coefficient (Wildman–Crippen LogP) is -3.72. The number of carbonyl (C=O) groups excluding carboxylic acids is 1. The maximum absolute atomic E-state index is 13.2. The van der Waals surface area contributed by atoms with Gasteiger partial charge in [0.1, 0.15) is 83.3 Å². The number of aliphatic hydroxyl groups is 9. The summed E-state index contributed by atoms with van der Waals surface area (Å²) >= 11 is 0. The van der Waals surface area contributed by atoms with Crippen molar-refractivity contribution in [2.45, 2.75) is 91.9 Å². The van der Waals surface area contributed by atoms with Crippen molar-refractivity contribution < 1.29 is 98.9 Å². The molecule has 0 saturated carbocycles. The fraction of sp³-hybridized carbons (Fsp3) is 0.606. The Hall–Kier alpha value is -3.45. The zero-order valence-electron chi connectivity index (χ0n) is 28.0. The third-order valence-corrected chi connectivity index (χ3v) is 9.59. The standard InChI is InChI=1S/C33H42O20/c1-46-18-4-12(2-3-14(18)36)17-7-16(38)22-15(37)5-13(6-19(22)50-17)49-31-28(53-32-29(44)33(45,10-35)11-48-32)26(42)24(40)21(52-31)9-47-30-27(43)25(41)23(39)20(8-34)51-30/h2-6,17,20-21,23-32,34-37,39-45H,7-11H2,1H3/t17?,20-,21-,23-,24-,25+,26+,27-,28-,29+,30-,31-,32+,33-/m1/s1. The maximum Gasteiger partial charge on any atom is 0.229 e. The van der Waals surface area contributed by atoms with Crippen LogP contribution in [0.1, 0.15) is 28.4 Å². The van der Waals surface area contributed by atoms with Crippen molar-refractivity contribution in [2.24, 2.45) is 0 Å². The third kappa shape index (κ3) is 7.61. The molecule has 4 aliphatic rings. The van der Waals surface area contributed by atoms with Crippen molar-refractivity contribution in [3.8, 4) is 28.7 Å². The highest BCUT2D eigenvalue weighted by Gasteiger charge is 2.54. The van der Waals surface area contributed by atoms with Crippen LogP contribution in [0.4, 0.5) is 0 Å². The minimum atomic E-state index is -2.13. The quantitative estimate of drug-likeness (QED) is 0.105. The molecule has 0 bridgehead atoms. The van der Waals surface area contributed by atoms with E-state index in [0.29, 0.717) is 5.56 Å². The van der Waals surface area contributed by atoms with Crippen LogP contribution < -0.4 is 14.2 Å². The molecule has 53 heavy (non-hydrogen) atoms. The molecular weight excluding hydrogens is 716 g/mol. The summed E-state index contributed by atoms with van der Waals surface area (Å²) < 4.78 is 45.0. The van der Waals surface area contributed by atoms with Crippen LogP contribution in [-0.4, -0.2) is 175 Å². The first-order valence-corrected chi connectivity index (χ1v) is 16.5. The van der Waals surface area contributed by atoms with Gasteiger partial charge in [-0.3, -0.25) is 4.79 Å². The van der Waals surface area contributed by atoms with E-state index in [-0.39, 0.29) is 35.0 Å². The molecule has 0 aliphatic carbocycles. The number of Topliss-reactive ketones (excluding diaryl/α,β-unsaturated/α-hetero) is 1. The summed E-state index contributed by atoms with van der Waals surface area (Å²) in [5.74, 6) is -1.39. The minimum Gasteiger partial charge on any atom is -0.507 e. The number of ketones is 1. The normalized spacial score (nSPS) is 38.6. The fourth-order valence-corrected chi connectivity index (χ4v) is 6.44. The van der Waals surface area contributed by atoms with E-state index in [1.165, 1.54) is 31.4 Å². The van der Waals surface area contributed by atoms with Gasteiger partial charge in [-0.15, -0.1) is 0 Å². The lowest BCUT2D eigenvalue weighted by Gasteiger charge is -2.44. The summed E-state index contributed by atoms with van der Waals surface area (Å²) in [5, 5.41) is 114. The Kier molecular flexibility index (Phi) is 11.6. The lowest BCUT2D eigenvalue weighted by molar-refractivity contribution is -0.337. The largest absolute Gasteiger partial charge is 0.507 e. The molecule has 4 aliphatic heterocycles. The molecule has 6 rings (SSSR count). The summed E-state index contributed by atoms with van der Waals surface area (Å²) in [6, 6.07) is 6.65. The average Bonchev–Trinajstić information content (AvgIpc) is 3.42. The van der Waals surface area contributed by atoms with Gasteiger partial charge in [-0.25, -0.2) is 0 Å². The molecule has 2 aromatic carbocycles. The summed E-state index contributed by atoms with van der Waals surface area (Å²) in [6.45, 7) is -2.89. The van der Waals surface area contributed by atoms with Crippen LogP contribution in [-0.2, 0) is 23.7 Å². The number of phenols is 2. The minimum absolute atomic E-state index is 0.118. The predicted molar refractivity (Wildman–Crippen MR) is 169 cm³/mol. The van der Waals surface area contributed by atoms with Crippen molar-refractivity contribution in [3.05, 3.63) is 41.5 Å². The Labute approximate surface area is 300 Å². The number of hydrogen-bond acceptors (Lipinski definition) is 20. The van der Waals surface area contributed by atoms with Gasteiger partial charge >= 0.3 is 0 Å². The lowest BCUT2D eigenvalue weighted by Crippen LogP contribution is -2.63. The lowest BCUT2D eigenvalue weighted by atomic mass is 9.95. The van der Waals surface area contributed by atoms with E-state index in [0.717, 1.165) is 6.07 Å². The first-order valence-electron chi connectivity index (χ1n) is 16.5. The second kappa shape index (κ2) is 15.7. The number of ether oxygens (including phenoxy) is 8. The van der Waals surface area contributed by atoms with Crippen molar-refractivity contribution in [1.29, 1.82) is 0 Å². The van der Waals surface area contributed by atoms with Gasteiger partial charge in [0.15, 0.2) is 36.0 Å². The van der Waals surface area contributed by atoms with Crippen LogP contribution in [0.3, 0.4) is 0 Å². The monoisotopic (exact) mass is 758 g/mol. The zero-order chi connectivity index (χ0) is 38.4. The summed E-state index contributed by atoms with van der Waals surface area (Å²) in [5.41, 5.74) is -1.83. The maximum atomic E-state index is 13.2. The number of methoxy groups -OCH3 is 1. The number of phenolic OH excluding ortho intramolecular Hbond substituents is 2. The molecule has 4 heterocycles. The highest BCUT2D eigenvalue weighted by molar-refractivity contribution is 6.02. The van der Waals surface area contributed by atoms with Crippen LogP contribution in [0, 0.1) is 0 Å². The Morgan fingerprint density at radius 1 is 0.849 bits per heavy atom. The van der Waals surface area contributed by atoms with Crippen LogP contribution in [0.2, 0.25) is 0 Å². The number of aliphatic hydroxyl groups excluding tert-OH is 8. The molecule has 0 spiro atoms. The molecule has 2 aromatic rings. The summed E-state index contributed by atoms with van der Waals surface area (Å²) in [7, 11) is 1.35. The number of hydrogen-bond donors (Lipinski definition) is 11. The van der Waals surface area contributed by atoms with E-state index in [9.17, 15) is 61.0 Å². The molecule has 20 heteroatoms. The van der Waals surface area contributed by atoms with E-state index < -0.39 is 123 Å². The molecule has 3 saturated heterocycles. The average molecular weight is 759 g/mol. The van der Waals surface area contributed by atoms with Gasteiger partial charge in [0.05, 0.1) is 40.0 Å². The number of carbonyl (C=O) groups is 1. The van der Waals surface area contributed by atoms with Crippen molar-refractivity contribution >= 4 is 5.78 Å². The third-order valence-electron chi connectivity index (χ3n) is 9.59. The van der Waals surface area contributed by atoms with E-state index in [4.69, 9.17) is 37.9 Å². The highest BCUT2D eigenvalue weighted by atomic mass is 16.8. The summed E-state index contributed by atoms with van der Waals surface area (Å²) in [4.78, 5) is 13.2. The molecule has 0 aromatic heterocycles. The van der Waals surface area contributed by atoms with Gasteiger partial charge in [0.2, 0.25) is 6.29 Å². The zero-order valence-corrected chi connectivity index (χ0v) is 28.0. The molecule has 1 unspecified atom stereocenters. The smallest absolute Gasteiger partial charge is 0.229 e. The van der Waals surface area contributed by atoms with Crippen LogP contribution in [0.15, 0.2) is 30.3 Å². The van der Waals surface area contributed by atoms with Crippen molar-refractivity contribution in [3.63, 3.8) is 0 Å². The van der Waals surface area contributed by atoms with Crippen molar-refractivity contribution in [1.82, 2.24) is 0 Å². The summed E-state index contributed by atoms with van der Waals surface area (Å²) in [6.07, 6.45) is -21.6. The van der Waals surface area contributed by atoms with Crippen molar-refractivity contribution in [2.75, 3.05) is 33.5 Å². The number of rotatable bonds is 11. The molecule has 3 fully saturated rings. The van der Waals surface area contributed by atoms with Gasteiger partial charge in [-0.05, 0) is 17.7 Å². The second-order valence-electron chi connectivity index (χ2n) is 13.1. The van der Waals surface area contributed by atoms with Gasteiger partial charge in [-0.1, -0.05) is 6.07 Å². The van der Waals surface area contributed by atoms with Crippen LogP contribution >= 0.6 is 0 Å². The van der Waals surface area contributed by atoms with Gasteiger partial charge in [0, 0.05) is 12.1 Å². The van der Waals surface area contributed by atoms with E-state index in [2.05, 4.69) is 0 Å². The van der Waals surface area contributed by atoms with Gasteiger partial charge in [-0.2, -0.15) is 0 Å². The Bertz CT molecular complexity index is 1610. The first kappa shape index (κ1) is 39.2. The molecule has 294 valence electrons. The van der Waals surface area contributed by atoms with E-state index in [1.807, 2.05) is 0 Å². The number of benzene rings is 2.